The second-order valence-electron chi connectivity index (χ2n) is 8.90. The van der Waals surface area contributed by atoms with Gasteiger partial charge in [0.05, 0.1) is 0 Å². The van der Waals surface area contributed by atoms with E-state index in [4.69, 9.17) is 9.47 Å². The molecule has 28 heavy (non-hydrogen) atoms. The normalized spacial score (nSPS) is 31.5. The lowest BCUT2D eigenvalue weighted by Crippen LogP contribution is -2.49. The van der Waals surface area contributed by atoms with E-state index in [2.05, 4.69) is 12.2 Å². The number of benzene rings is 1. The number of nitrogens with zero attached hydrogens (tertiary/aromatic N) is 1. The predicted octanol–water partition coefficient (Wildman–Crippen LogP) is 2.85. The third-order valence-electron chi connectivity index (χ3n) is 7.23. The highest BCUT2D eigenvalue weighted by Crippen LogP contribution is 2.49. The van der Waals surface area contributed by atoms with Crippen LogP contribution >= 0.6 is 0 Å². The van der Waals surface area contributed by atoms with E-state index in [9.17, 15) is 9.59 Å². The van der Waals surface area contributed by atoms with Crippen LogP contribution in [0.2, 0.25) is 0 Å². The summed E-state index contributed by atoms with van der Waals surface area (Å²) in [5.41, 5.74) is 0.957. The van der Waals surface area contributed by atoms with Gasteiger partial charge in [0.15, 0.2) is 11.5 Å². The van der Waals surface area contributed by atoms with E-state index in [1.807, 2.05) is 18.2 Å². The zero-order valence-corrected chi connectivity index (χ0v) is 16.4. The number of carbonyl (C=O) groups is 2. The topological polar surface area (TPSA) is 67.9 Å². The summed E-state index contributed by atoms with van der Waals surface area (Å²) in [5, 5.41) is 3.25. The van der Waals surface area contributed by atoms with Crippen molar-refractivity contribution in [3.63, 3.8) is 0 Å². The minimum absolute atomic E-state index is 0.00173. The summed E-state index contributed by atoms with van der Waals surface area (Å²) < 4.78 is 10.8. The van der Waals surface area contributed by atoms with Gasteiger partial charge in [-0.05, 0) is 68.1 Å². The third kappa shape index (κ3) is 3.12. The van der Waals surface area contributed by atoms with Crippen molar-refractivity contribution < 1.29 is 19.1 Å². The van der Waals surface area contributed by atoms with Crippen molar-refractivity contribution in [3.8, 4) is 11.5 Å². The highest BCUT2D eigenvalue weighted by molar-refractivity contribution is 5.91. The van der Waals surface area contributed by atoms with E-state index in [0.29, 0.717) is 31.1 Å². The van der Waals surface area contributed by atoms with Gasteiger partial charge in [0.25, 0.3) is 0 Å². The quantitative estimate of drug-likeness (QED) is 0.848. The van der Waals surface area contributed by atoms with Gasteiger partial charge in [0.2, 0.25) is 18.6 Å². The summed E-state index contributed by atoms with van der Waals surface area (Å²) in [6, 6.07) is 5.52. The van der Waals surface area contributed by atoms with Crippen LogP contribution in [0, 0.1) is 17.8 Å². The van der Waals surface area contributed by atoms with Gasteiger partial charge in [-0.1, -0.05) is 12.5 Å². The first-order valence-electron chi connectivity index (χ1n) is 10.6. The zero-order valence-electron chi connectivity index (χ0n) is 16.4. The first kappa shape index (κ1) is 17.8. The highest BCUT2D eigenvalue weighted by atomic mass is 16.7. The first-order valence-corrected chi connectivity index (χ1v) is 10.6. The molecule has 2 heterocycles. The van der Waals surface area contributed by atoms with Gasteiger partial charge in [-0.25, -0.2) is 0 Å². The summed E-state index contributed by atoms with van der Waals surface area (Å²) in [6.07, 6.45) is 6.29. The SMILES string of the molecule is CC(NC(=O)C1CCC(=O)N1Cc1ccc2c(c1)OCO2)C1CC2CCC1C2. The molecule has 1 saturated heterocycles. The first-order chi connectivity index (χ1) is 13.6. The Bertz CT molecular complexity index is 795. The van der Waals surface area contributed by atoms with E-state index >= 15 is 0 Å². The van der Waals surface area contributed by atoms with Crippen LogP contribution in [0.4, 0.5) is 0 Å². The molecule has 6 nitrogen and oxygen atoms in total. The van der Waals surface area contributed by atoms with Crippen molar-refractivity contribution >= 4 is 11.8 Å². The molecule has 2 saturated carbocycles. The Labute approximate surface area is 165 Å². The Kier molecular flexibility index (Phi) is 4.44. The van der Waals surface area contributed by atoms with E-state index in [0.717, 1.165) is 23.1 Å². The predicted molar refractivity (Wildman–Crippen MR) is 103 cm³/mol. The number of hydrogen-bond acceptors (Lipinski definition) is 4. The Hall–Kier alpha value is -2.24. The summed E-state index contributed by atoms with van der Waals surface area (Å²) in [4.78, 5) is 27.2. The Morgan fingerprint density at radius 2 is 2.07 bits per heavy atom. The molecule has 6 heteroatoms. The molecule has 150 valence electrons. The summed E-state index contributed by atoms with van der Waals surface area (Å²) in [5.74, 6) is 3.72. The number of nitrogens with one attached hydrogen (secondary N) is 1. The smallest absolute Gasteiger partial charge is 0.243 e. The maximum absolute atomic E-state index is 13.0. The molecule has 1 N–H and O–H groups in total. The molecule has 2 aliphatic heterocycles. The van der Waals surface area contributed by atoms with E-state index < -0.39 is 0 Å². The molecule has 3 fully saturated rings. The highest BCUT2D eigenvalue weighted by Gasteiger charge is 2.43. The lowest BCUT2D eigenvalue weighted by atomic mass is 9.84. The zero-order chi connectivity index (χ0) is 19.3. The average molecular weight is 384 g/mol. The van der Waals surface area contributed by atoms with Crippen LogP contribution < -0.4 is 14.8 Å². The molecule has 1 aromatic carbocycles. The van der Waals surface area contributed by atoms with Crippen molar-refractivity contribution in [3.05, 3.63) is 23.8 Å². The Balaban J connectivity index is 1.24. The Morgan fingerprint density at radius 3 is 2.86 bits per heavy atom. The number of rotatable bonds is 5. The van der Waals surface area contributed by atoms with Gasteiger partial charge in [-0.3, -0.25) is 9.59 Å². The molecule has 5 rings (SSSR count). The number of ether oxygens (including phenoxy) is 2. The van der Waals surface area contributed by atoms with Crippen molar-refractivity contribution in [2.75, 3.05) is 6.79 Å². The fourth-order valence-corrected chi connectivity index (χ4v) is 5.77. The second kappa shape index (κ2) is 6.98. The van der Waals surface area contributed by atoms with Crippen LogP contribution in [0.25, 0.3) is 0 Å². The van der Waals surface area contributed by atoms with E-state index in [1.165, 1.54) is 25.7 Å². The van der Waals surface area contributed by atoms with E-state index in [-0.39, 0.29) is 30.7 Å². The maximum atomic E-state index is 13.0. The molecular formula is C22H28N2O4. The minimum atomic E-state index is -0.376. The average Bonchev–Trinajstić information content (AvgIpc) is 3.46. The van der Waals surface area contributed by atoms with Gasteiger partial charge in [-0.15, -0.1) is 0 Å². The van der Waals surface area contributed by atoms with Crippen LogP contribution in [0.3, 0.4) is 0 Å². The molecule has 5 unspecified atom stereocenters. The molecular weight excluding hydrogens is 356 g/mol. The molecule has 0 radical (unpaired) electrons. The van der Waals surface area contributed by atoms with E-state index in [1.54, 1.807) is 4.90 Å². The van der Waals surface area contributed by atoms with Crippen molar-refractivity contribution in [1.82, 2.24) is 10.2 Å². The fourth-order valence-electron chi connectivity index (χ4n) is 5.77. The molecule has 0 aromatic heterocycles. The van der Waals surface area contributed by atoms with Crippen LogP contribution in [-0.4, -0.2) is 35.6 Å². The largest absolute Gasteiger partial charge is 0.454 e. The number of amides is 2. The van der Waals surface area contributed by atoms with Crippen LogP contribution in [-0.2, 0) is 16.1 Å². The molecule has 2 bridgehead atoms. The number of fused-ring (bicyclic) bond motifs is 3. The fraction of sp³-hybridized carbons (Fsp3) is 0.636. The molecule has 5 atom stereocenters. The second-order valence-corrected chi connectivity index (χ2v) is 8.90. The summed E-state index contributed by atoms with van der Waals surface area (Å²) in [6.45, 7) is 2.80. The summed E-state index contributed by atoms with van der Waals surface area (Å²) in [7, 11) is 0. The monoisotopic (exact) mass is 384 g/mol. The number of hydrogen-bond donors (Lipinski definition) is 1. The number of carbonyl (C=O) groups excluding carboxylic acids is 2. The van der Waals surface area contributed by atoms with Crippen molar-refractivity contribution in [2.45, 2.75) is 64.1 Å². The summed E-state index contributed by atoms with van der Waals surface area (Å²) >= 11 is 0. The van der Waals surface area contributed by atoms with Crippen LogP contribution in [0.15, 0.2) is 18.2 Å². The molecule has 0 spiro atoms. The van der Waals surface area contributed by atoms with Gasteiger partial charge in [0.1, 0.15) is 6.04 Å². The molecule has 2 amide bonds. The minimum Gasteiger partial charge on any atom is -0.454 e. The molecule has 4 aliphatic rings. The maximum Gasteiger partial charge on any atom is 0.243 e. The van der Waals surface area contributed by atoms with Gasteiger partial charge in [-0.2, -0.15) is 0 Å². The van der Waals surface area contributed by atoms with Gasteiger partial charge in [0, 0.05) is 19.0 Å². The van der Waals surface area contributed by atoms with Gasteiger partial charge < -0.3 is 19.7 Å². The number of likely N-dealkylation sites (tertiary alicyclic amines) is 1. The van der Waals surface area contributed by atoms with Crippen molar-refractivity contribution in [1.29, 1.82) is 0 Å². The van der Waals surface area contributed by atoms with Gasteiger partial charge >= 0.3 is 0 Å². The molecule has 2 aliphatic carbocycles. The Morgan fingerprint density at radius 1 is 1.21 bits per heavy atom. The third-order valence-corrected chi connectivity index (χ3v) is 7.23. The van der Waals surface area contributed by atoms with Crippen LogP contribution in [0.5, 0.6) is 11.5 Å². The molecule has 1 aromatic rings. The standard InChI is InChI=1S/C22H28N2O4/c1-13(17-9-14-2-4-16(17)8-14)23-22(26)18-5-7-21(25)24(18)11-15-3-6-19-20(10-15)28-12-27-19/h3,6,10,13-14,16-18H,2,4-5,7-9,11-12H2,1H3,(H,23,26). The lowest BCUT2D eigenvalue weighted by Gasteiger charge is -2.31. The van der Waals surface area contributed by atoms with Crippen molar-refractivity contribution in [2.24, 2.45) is 17.8 Å². The van der Waals surface area contributed by atoms with Crippen LogP contribution in [0.1, 0.15) is 51.0 Å². The lowest BCUT2D eigenvalue weighted by molar-refractivity contribution is -0.136.